The van der Waals surface area contributed by atoms with Gasteiger partial charge in [-0.2, -0.15) is 0 Å². The van der Waals surface area contributed by atoms with Crippen LogP contribution in [0.3, 0.4) is 0 Å². The quantitative estimate of drug-likeness (QED) is 0.605. The molecule has 0 saturated carbocycles. The van der Waals surface area contributed by atoms with Gasteiger partial charge in [-0.05, 0) is 20.3 Å². The minimum atomic E-state index is -0.349. The molecule has 3 atom stereocenters. The molecule has 0 spiro atoms. The highest BCUT2D eigenvalue weighted by Gasteiger charge is 2.12. The van der Waals surface area contributed by atoms with Crippen molar-refractivity contribution in [1.29, 1.82) is 0 Å². The first-order chi connectivity index (χ1) is 5.61. The Morgan fingerprint density at radius 1 is 1.50 bits per heavy atom. The molecule has 70 valence electrons. The van der Waals surface area contributed by atoms with Crippen molar-refractivity contribution < 1.29 is 5.11 Å². The van der Waals surface area contributed by atoms with Crippen molar-refractivity contribution in [1.82, 2.24) is 5.32 Å². The minimum absolute atomic E-state index is 0.0672. The van der Waals surface area contributed by atoms with Crippen LogP contribution in [0.4, 0.5) is 0 Å². The van der Waals surface area contributed by atoms with Crippen LogP contribution in [0.1, 0.15) is 33.6 Å². The summed E-state index contributed by atoms with van der Waals surface area (Å²) in [6, 6.07) is 0.164. The largest absolute Gasteiger partial charge is 0.392 e. The number of rotatable bonds is 5. The zero-order valence-corrected chi connectivity index (χ0v) is 8.17. The van der Waals surface area contributed by atoms with Crippen LogP contribution in [0, 0.1) is 12.3 Å². The Kier molecular flexibility index (Phi) is 5.79. The number of terminal acetylenes is 1. The first-order valence-corrected chi connectivity index (χ1v) is 4.52. The topological polar surface area (TPSA) is 32.3 Å². The molecule has 0 aromatic heterocycles. The van der Waals surface area contributed by atoms with Gasteiger partial charge in [-0.3, -0.25) is 5.32 Å². The van der Waals surface area contributed by atoms with Crippen LogP contribution in [0.2, 0.25) is 0 Å². The molecular weight excluding hydrogens is 150 g/mol. The van der Waals surface area contributed by atoms with E-state index in [0.717, 1.165) is 12.8 Å². The van der Waals surface area contributed by atoms with E-state index >= 15 is 0 Å². The molecule has 0 aromatic carbocycles. The fourth-order valence-electron chi connectivity index (χ4n) is 0.960. The van der Waals surface area contributed by atoms with Crippen molar-refractivity contribution >= 4 is 0 Å². The highest BCUT2D eigenvalue weighted by molar-refractivity contribution is 4.99. The molecule has 0 saturated heterocycles. The first kappa shape index (κ1) is 11.5. The molecule has 2 heteroatoms. The summed E-state index contributed by atoms with van der Waals surface area (Å²) in [4.78, 5) is 0. The molecular formula is C10H19NO. The molecule has 0 aliphatic heterocycles. The maximum atomic E-state index is 9.20. The highest BCUT2D eigenvalue weighted by Crippen LogP contribution is 1.99. The van der Waals surface area contributed by atoms with Crippen molar-refractivity contribution in [3.05, 3.63) is 0 Å². The number of hydrogen-bond acceptors (Lipinski definition) is 2. The van der Waals surface area contributed by atoms with Crippen LogP contribution >= 0.6 is 0 Å². The van der Waals surface area contributed by atoms with Crippen molar-refractivity contribution in [2.45, 2.75) is 51.8 Å². The molecule has 3 unspecified atom stereocenters. The van der Waals surface area contributed by atoms with Gasteiger partial charge in [0, 0.05) is 6.04 Å². The van der Waals surface area contributed by atoms with E-state index in [4.69, 9.17) is 6.42 Å². The summed E-state index contributed by atoms with van der Waals surface area (Å²) in [5.74, 6) is 2.67. The summed E-state index contributed by atoms with van der Waals surface area (Å²) in [5, 5.41) is 12.4. The van der Waals surface area contributed by atoms with E-state index in [2.05, 4.69) is 18.2 Å². The van der Waals surface area contributed by atoms with Gasteiger partial charge in [-0.1, -0.05) is 19.3 Å². The zero-order valence-electron chi connectivity index (χ0n) is 8.17. The Balaban J connectivity index is 3.79. The van der Waals surface area contributed by atoms with Crippen LogP contribution in [0.15, 0.2) is 0 Å². The first-order valence-electron chi connectivity index (χ1n) is 4.52. The van der Waals surface area contributed by atoms with Crippen LogP contribution in [-0.2, 0) is 0 Å². The second-order valence-corrected chi connectivity index (χ2v) is 3.20. The van der Waals surface area contributed by atoms with E-state index in [0.29, 0.717) is 0 Å². The molecule has 2 N–H and O–H groups in total. The van der Waals surface area contributed by atoms with Gasteiger partial charge in [-0.25, -0.2) is 0 Å². The number of nitrogens with one attached hydrogen (secondary N) is 1. The summed E-state index contributed by atoms with van der Waals surface area (Å²) >= 11 is 0. The van der Waals surface area contributed by atoms with E-state index in [9.17, 15) is 5.11 Å². The van der Waals surface area contributed by atoms with Gasteiger partial charge >= 0.3 is 0 Å². The highest BCUT2D eigenvalue weighted by atomic mass is 16.3. The van der Waals surface area contributed by atoms with Gasteiger partial charge in [0.2, 0.25) is 0 Å². The van der Waals surface area contributed by atoms with Crippen LogP contribution in [0.5, 0.6) is 0 Å². The predicted octanol–water partition coefficient (Wildman–Crippen LogP) is 1.15. The molecule has 0 aliphatic carbocycles. The molecule has 0 fully saturated rings. The van der Waals surface area contributed by atoms with Gasteiger partial charge in [0.15, 0.2) is 0 Å². The second kappa shape index (κ2) is 6.05. The third-order valence-electron chi connectivity index (χ3n) is 1.97. The summed E-state index contributed by atoms with van der Waals surface area (Å²) in [5.41, 5.74) is 0. The normalized spacial score (nSPS) is 17.9. The Morgan fingerprint density at radius 3 is 2.42 bits per heavy atom. The summed E-state index contributed by atoms with van der Waals surface area (Å²) < 4.78 is 0. The fourth-order valence-corrected chi connectivity index (χ4v) is 0.960. The van der Waals surface area contributed by atoms with E-state index in [1.165, 1.54) is 0 Å². The van der Waals surface area contributed by atoms with Crippen LogP contribution < -0.4 is 5.32 Å². The minimum Gasteiger partial charge on any atom is -0.392 e. The van der Waals surface area contributed by atoms with E-state index in [1.54, 1.807) is 6.92 Å². The maximum absolute atomic E-state index is 9.20. The van der Waals surface area contributed by atoms with Gasteiger partial charge in [0.25, 0.3) is 0 Å². The fraction of sp³-hybridized carbons (Fsp3) is 0.800. The van der Waals surface area contributed by atoms with Crippen molar-refractivity contribution in [3.8, 4) is 12.3 Å². The maximum Gasteiger partial charge on any atom is 0.0689 e. The summed E-state index contributed by atoms with van der Waals surface area (Å²) in [6.45, 7) is 5.79. The van der Waals surface area contributed by atoms with Crippen molar-refractivity contribution in [3.63, 3.8) is 0 Å². The number of hydrogen-bond donors (Lipinski definition) is 2. The average molecular weight is 169 g/mol. The van der Waals surface area contributed by atoms with Gasteiger partial charge in [0.05, 0.1) is 12.1 Å². The Morgan fingerprint density at radius 2 is 2.08 bits per heavy atom. The third-order valence-corrected chi connectivity index (χ3v) is 1.97. The Bertz CT molecular complexity index is 148. The smallest absolute Gasteiger partial charge is 0.0689 e. The average Bonchev–Trinajstić information content (AvgIpc) is 2.03. The SMILES string of the molecule is C#CC(CCC)NC(C)C(C)O. The lowest BCUT2D eigenvalue weighted by atomic mass is 10.1. The van der Waals surface area contributed by atoms with Crippen LogP contribution in [0.25, 0.3) is 0 Å². The van der Waals surface area contributed by atoms with Gasteiger partial charge in [0.1, 0.15) is 0 Å². The molecule has 0 bridgehead atoms. The van der Waals surface area contributed by atoms with E-state index < -0.39 is 0 Å². The van der Waals surface area contributed by atoms with Crippen molar-refractivity contribution in [2.75, 3.05) is 0 Å². The molecule has 0 aliphatic rings. The van der Waals surface area contributed by atoms with Gasteiger partial charge in [-0.15, -0.1) is 6.42 Å². The molecule has 0 amide bonds. The van der Waals surface area contributed by atoms with Crippen LogP contribution in [-0.4, -0.2) is 23.3 Å². The number of aliphatic hydroxyl groups excluding tert-OH is 1. The summed E-state index contributed by atoms with van der Waals surface area (Å²) in [6.07, 6.45) is 6.99. The monoisotopic (exact) mass is 169 g/mol. The lowest BCUT2D eigenvalue weighted by Crippen LogP contribution is -2.41. The molecule has 0 radical (unpaired) electrons. The van der Waals surface area contributed by atoms with E-state index in [1.807, 2.05) is 6.92 Å². The molecule has 12 heavy (non-hydrogen) atoms. The van der Waals surface area contributed by atoms with Gasteiger partial charge < -0.3 is 5.11 Å². The Labute approximate surface area is 75.4 Å². The molecule has 0 aromatic rings. The molecule has 0 heterocycles. The lowest BCUT2D eigenvalue weighted by molar-refractivity contribution is 0.149. The molecule has 0 rings (SSSR count). The standard InChI is InChI=1S/C10H19NO/c1-5-7-10(6-2)11-8(3)9(4)12/h2,8-12H,5,7H2,1,3-4H3. The van der Waals surface area contributed by atoms with Crippen molar-refractivity contribution in [2.24, 2.45) is 0 Å². The molecule has 2 nitrogen and oxygen atoms in total. The zero-order chi connectivity index (χ0) is 9.56. The lowest BCUT2D eigenvalue weighted by Gasteiger charge is -2.20. The number of aliphatic hydroxyl groups is 1. The third kappa shape index (κ3) is 4.38. The predicted molar refractivity (Wildman–Crippen MR) is 51.8 cm³/mol. The Hall–Kier alpha value is -0.520. The second-order valence-electron chi connectivity index (χ2n) is 3.20. The van der Waals surface area contributed by atoms with E-state index in [-0.39, 0.29) is 18.2 Å². The summed E-state index contributed by atoms with van der Waals surface area (Å²) in [7, 11) is 0.